The Morgan fingerprint density at radius 1 is 1.10 bits per heavy atom. The number of hydrogen-bond acceptors (Lipinski definition) is 3. The molecule has 4 nitrogen and oxygen atoms in total. The van der Waals surface area contributed by atoms with Crippen LogP contribution in [-0.4, -0.2) is 19.5 Å². The third kappa shape index (κ3) is 3.83. The Hall–Kier alpha value is -1.85. The summed E-state index contributed by atoms with van der Waals surface area (Å²) in [4.78, 5) is 1.89. The maximum atomic E-state index is 11.6. The van der Waals surface area contributed by atoms with E-state index in [2.05, 4.69) is 0 Å². The van der Waals surface area contributed by atoms with Gasteiger partial charge in [0.05, 0.1) is 5.69 Å². The van der Waals surface area contributed by atoms with Gasteiger partial charge in [-0.1, -0.05) is 36.4 Å². The van der Waals surface area contributed by atoms with Crippen LogP contribution in [0.5, 0.6) is 0 Å². The Morgan fingerprint density at radius 3 is 2.33 bits per heavy atom. The number of nitrogens with zero attached hydrogens (tertiary/aromatic N) is 1. The van der Waals surface area contributed by atoms with Crippen LogP contribution >= 0.6 is 0 Å². The van der Waals surface area contributed by atoms with Gasteiger partial charge in [-0.05, 0) is 37.1 Å². The highest BCUT2D eigenvalue weighted by molar-refractivity contribution is 7.86. The molecule has 0 atom stereocenters. The van der Waals surface area contributed by atoms with Gasteiger partial charge < -0.3 is 4.90 Å². The van der Waals surface area contributed by atoms with Gasteiger partial charge in [0.2, 0.25) is 0 Å². The molecule has 2 rings (SSSR count). The van der Waals surface area contributed by atoms with Crippen LogP contribution in [0.1, 0.15) is 18.1 Å². The topological polar surface area (TPSA) is 57.6 Å². The van der Waals surface area contributed by atoms with Gasteiger partial charge in [0.15, 0.2) is 0 Å². The van der Waals surface area contributed by atoms with Gasteiger partial charge in [0, 0.05) is 13.1 Å². The number of anilines is 1. The lowest BCUT2D eigenvalue weighted by Crippen LogP contribution is -2.24. The number of aryl methyl sites for hydroxylation is 1. The minimum atomic E-state index is -4.24. The smallest absolute Gasteiger partial charge is 0.296 e. The van der Waals surface area contributed by atoms with E-state index in [9.17, 15) is 13.0 Å². The maximum absolute atomic E-state index is 11.6. The molecule has 0 bridgehead atoms. The van der Waals surface area contributed by atoms with Crippen molar-refractivity contribution >= 4 is 15.8 Å². The van der Waals surface area contributed by atoms with Crippen molar-refractivity contribution < 1.29 is 13.0 Å². The van der Waals surface area contributed by atoms with E-state index in [4.69, 9.17) is 0 Å². The first-order chi connectivity index (χ1) is 9.91. The van der Waals surface area contributed by atoms with Crippen molar-refractivity contribution in [1.82, 2.24) is 0 Å². The summed E-state index contributed by atoms with van der Waals surface area (Å²) < 4.78 is 32.6. The predicted molar refractivity (Wildman–Crippen MR) is 84.2 cm³/mol. The molecule has 0 aliphatic heterocycles. The van der Waals surface area contributed by atoms with Gasteiger partial charge in [-0.25, -0.2) is 0 Å². The number of hydrogen-bond donors (Lipinski definition) is 1. The minimum Gasteiger partial charge on any atom is -0.366 e. The molecule has 0 amide bonds. The van der Waals surface area contributed by atoms with Crippen LogP contribution in [0.25, 0.3) is 0 Å². The standard InChI is InChI=1S/C16H19NO3S/c1-3-17(12-14-7-5-4-6-8-14)15-11-13(2)9-10-16(15)21(18,19)20/h4-11H,3,12H2,1-2H3,(H,18,19,20). The molecule has 2 aromatic carbocycles. The van der Waals surface area contributed by atoms with E-state index in [0.717, 1.165) is 11.1 Å². The zero-order chi connectivity index (χ0) is 15.5. The molecule has 0 fully saturated rings. The van der Waals surface area contributed by atoms with Crippen molar-refractivity contribution in [2.75, 3.05) is 11.4 Å². The Balaban J connectivity index is 2.44. The molecule has 0 aromatic heterocycles. The lowest BCUT2D eigenvalue weighted by Gasteiger charge is -2.25. The first-order valence-corrected chi connectivity index (χ1v) is 8.23. The van der Waals surface area contributed by atoms with E-state index in [1.165, 1.54) is 6.07 Å². The lowest BCUT2D eigenvalue weighted by atomic mass is 10.1. The van der Waals surface area contributed by atoms with Crippen LogP contribution in [0.3, 0.4) is 0 Å². The van der Waals surface area contributed by atoms with Crippen molar-refractivity contribution in [3.8, 4) is 0 Å². The molecule has 0 radical (unpaired) electrons. The summed E-state index contributed by atoms with van der Waals surface area (Å²) in [5, 5.41) is 0. The van der Waals surface area contributed by atoms with Crippen LogP contribution < -0.4 is 4.90 Å². The number of benzene rings is 2. The fourth-order valence-corrected chi connectivity index (χ4v) is 2.96. The highest BCUT2D eigenvalue weighted by Gasteiger charge is 2.19. The highest BCUT2D eigenvalue weighted by Crippen LogP contribution is 2.27. The normalized spacial score (nSPS) is 11.4. The second kappa shape index (κ2) is 6.28. The minimum absolute atomic E-state index is 0.0501. The predicted octanol–water partition coefficient (Wildman–Crippen LogP) is 3.27. The molecule has 1 N–H and O–H groups in total. The fraction of sp³-hybridized carbons (Fsp3) is 0.250. The monoisotopic (exact) mass is 305 g/mol. The van der Waals surface area contributed by atoms with Gasteiger partial charge in [-0.15, -0.1) is 0 Å². The zero-order valence-corrected chi connectivity index (χ0v) is 13.0. The van der Waals surface area contributed by atoms with Crippen LogP contribution in [-0.2, 0) is 16.7 Å². The van der Waals surface area contributed by atoms with Crippen molar-refractivity contribution in [3.63, 3.8) is 0 Å². The molecule has 0 aliphatic rings. The van der Waals surface area contributed by atoms with Crippen molar-refractivity contribution in [2.45, 2.75) is 25.3 Å². The van der Waals surface area contributed by atoms with Gasteiger partial charge >= 0.3 is 0 Å². The third-order valence-electron chi connectivity index (χ3n) is 3.33. The van der Waals surface area contributed by atoms with E-state index in [1.54, 1.807) is 12.1 Å². The molecule has 0 heterocycles. The number of rotatable bonds is 5. The fourth-order valence-electron chi connectivity index (χ4n) is 2.26. The largest absolute Gasteiger partial charge is 0.366 e. The van der Waals surface area contributed by atoms with Crippen LogP contribution in [0, 0.1) is 6.92 Å². The first kappa shape index (κ1) is 15.5. The van der Waals surface area contributed by atoms with Crippen LogP contribution in [0.15, 0.2) is 53.4 Å². The molecule has 0 spiro atoms. The summed E-state index contributed by atoms with van der Waals surface area (Å²) in [7, 11) is -4.24. The van der Waals surface area contributed by atoms with Crippen molar-refractivity contribution in [2.24, 2.45) is 0 Å². The average Bonchev–Trinajstić information content (AvgIpc) is 2.44. The van der Waals surface area contributed by atoms with E-state index < -0.39 is 10.1 Å². The Kier molecular flexibility index (Phi) is 4.65. The lowest BCUT2D eigenvalue weighted by molar-refractivity contribution is 0.483. The molecule has 2 aromatic rings. The second-order valence-corrected chi connectivity index (χ2v) is 6.34. The van der Waals surface area contributed by atoms with E-state index >= 15 is 0 Å². The summed E-state index contributed by atoms with van der Waals surface area (Å²) in [6.07, 6.45) is 0. The molecule has 0 saturated carbocycles. The second-order valence-electron chi connectivity index (χ2n) is 4.95. The molecule has 21 heavy (non-hydrogen) atoms. The molecule has 0 saturated heterocycles. The molecule has 112 valence electrons. The summed E-state index contributed by atoms with van der Waals surface area (Å²) in [6.45, 7) is 5.08. The summed E-state index contributed by atoms with van der Waals surface area (Å²) >= 11 is 0. The zero-order valence-electron chi connectivity index (χ0n) is 12.2. The molecule has 5 heteroatoms. The SMILES string of the molecule is CCN(Cc1ccccc1)c1cc(C)ccc1S(=O)(=O)O. The molecule has 0 unspecified atom stereocenters. The Bertz CT molecular complexity index is 712. The van der Waals surface area contributed by atoms with Crippen molar-refractivity contribution in [3.05, 3.63) is 59.7 Å². The maximum Gasteiger partial charge on any atom is 0.296 e. The highest BCUT2D eigenvalue weighted by atomic mass is 32.2. The van der Waals surface area contributed by atoms with E-state index in [0.29, 0.717) is 18.8 Å². The molecule has 0 aliphatic carbocycles. The summed E-state index contributed by atoms with van der Waals surface area (Å²) in [5.74, 6) is 0. The molecular formula is C16H19NO3S. The van der Waals surface area contributed by atoms with Crippen LogP contribution in [0.4, 0.5) is 5.69 Å². The van der Waals surface area contributed by atoms with E-state index in [1.807, 2.05) is 49.1 Å². The summed E-state index contributed by atoms with van der Waals surface area (Å²) in [5.41, 5.74) is 2.56. The average molecular weight is 305 g/mol. The summed E-state index contributed by atoms with van der Waals surface area (Å²) in [6, 6.07) is 14.7. The van der Waals surface area contributed by atoms with Crippen molar-refractivity contribution in [1.29, 1.82) is 0 Å². The van der Waals surface area contributed by atoms with Gasteiger partial charge in [0.25, 0.3) is 10.1 Å². The van der Waals surface area contributed by atoms with Gasteiger partial charge in [0.1, 0.15) is 4.90 Å². The van der Waals surface area contributed by atoms with Gasteiger partial charge in [-0.2, -0.15) is 8.42 Å². The third-order valence-corrected chi connectivity index (χ3v) is 4.23. The van der Waals surface area contributed by atoms with Gasteiger partial charge in [-0.3, -0.25) is 4.55 Å². The van der Waals surface area contributed by atoms with Crippen LogP contribution in [0.2, 0.25) is 0 Å². The first-order valence-electron chi connectivity index (χ1n) is 6.79. The quantitative estimate of drug-likeness (QED) is 0.861. The van der Waals surface area contributed by atoms with E-state index in [-0.39, 0.29) is 4.90 Å². The molecular weight excluding hydrogens is 286 g/mol. The Morgan fingerprint density at radius 2 is 1.76 bits per heavy atom. The Labute approximate surface area is 125 Å².